The Labute approximate surface area is 353 Å². The number of benzene rings is 2. The van der Waals surface area contributed by atoms with Crippen LogP contribution in [0.3, 0.4) is 0 Å². The number of hydrogen-bond donors (Lipinski definition) is 6. The summed E-state index contributed by atoms with van der Waals surface area (Å²) < 4.78 is 69.8. The molecule has 0 radical (unpaired) electrons. The second-order valence-corrected chi connectivity index (χ2v) is 15.8. The number of phenols is 1. The minimum Gasteiger partial charge on any atom is -0.506 e. The summed E-state index contributed by atoms with van der Waals surface area (Å²) in [7, 11) is 0. The lowest BCUT2D eigenvalue weighted by Crippen LogP contribution is -2.58. The fourth-order valence-corrected chi connectivity index (χ4v) is 7.65. The van der Waals surface area contributed by atoms with Gasteiger partial charge in [-0.15, -0.1) is 11.3 Å². The number of pyridine rings is 1. The molecule has 2 aliphatic rings. The van der Waals surface area contributed by atoms with Crippen LogP contribution < -0.4 is 10.9 Å². The molecule has 6 rings (SSSR count). The number of aliphatic carboxylic acids is 2. The number of phenolic OH excluding ortho intramolecular Hbond substituents is 1. The topological polar surface area (TPSA) is 206 Å². The summed E-state index contributed by atoms with van der Waals surface area (Å²) in [6.45, 7) is 9.28. The van der Waals surface area contributed by atoms with Crippen molar-refractivity contribution in [3.8, 4) is 5.75 Å². The van der Waals surface area contributed by atoms with E-state index in [1.807, 2.05) is 22.4 Å². The Bertz CT molecular complexity index is 2190. The van der Waals surface area contributed by atoms with Gasteiger partial charge in [-0.25, -0.2) is 14.6 Å². The van der Waals surface area contributed by atoms with Crippen molar-refractivity contribution in [1.29, 1.82) is 0 Å². The molecule has 0 aliphatic carbocycles. The number of ether oxygens (including phenoxy) is 1. The molecule has 61 heavy (non-hydrogen) atoms. The first-order chi connectivity index (χ1) is 28.5. The maximum Gasteiger partial charge on any atom is 0.490 e. The molecule has 2 fully saturated rings. The Morgan fingerprint density at radius 2 is 1.61 bits per heavy atom. The van der Waals surface area contributed by atoms with Crippen LogP contribution >= 0.6 is 22.9 Å². The molecular weight excluding hydrogens is 864 g/mol. The molecule has 0 bridgehead atoms. The highest BCUT2D eigenvalue weighted by Gasteiger charge is 2.42. The van der Waals surface area contributed by atoms with E-state index in [4.69, 9.17) is 36.1 Å². The number of aliphatic hydroxyl groups is 1. The molecule has 1 amide bonds. The number of H-pyrrole nitrogens is 1. The Morgan fingerprint density at radius 3 is 2.20 bits per heavy atom. The normalized spacial score (nSPS) is 16.1. The molecule has 1 atom stereocenters. The summed E-state index contributed by atoms with van der Waals surface area (Å²) in [6, 6.07) is 12.3. The summed E-state index contributed by atoms with van der Waals surface area (Å²) in [5.41, 5.74) is 2.96. The zero-order valence-electron chi connectivity index (χ0n) is 32.8. The highest BCUT2D eigenvalue weighted by atomic mass is 35.5. The van der Waals surface area contributed by atoms with Gasteiger partial charge in [0.25, 0.3) is 5.91 Å². The average molecular weight is 908 g/mol. The number of aromatic hydroxyl groups is 1. The number of nitrogens with one attached hydrogen (secondary N) is 2. The Morgan fingerprint density at radius 1 is 0.984 bits per heavy atom. The number of amides is 1. The van der Waals surface area contributed by atoms with Crippen LogP contribution in [0.5, 0.6) is 5.75 Å². The van der Waals surface area contributed by atoms with Crippen LogP contribution in [0.4, 0.5) is 26.3 Å². The first kappa shape index (κ1) is 48.9. The Balaban J connectivity index is 0.000000504. The number of aliphatic hydroxyl groups excluding tert-OH is 1. The minimum atomic E-state index is -5.08. The standard InChI is InChI=1S/C35H42ClN5O5S.2C2HF3O2/c1-22(2)33-38-27(20-47-33)34(45)41-16-17-46-35(21-41)11-14-40(15-12-35)19-24-5-3-4-23(31(24)36)10-13-37-18-29(43)25-6-8-28(42)32-26(25)7-9-30(44)39-32;2*3-2(4,5)1(6)7/h3-9,20,22,29,37,42-43H,10-19,21H2,1-2H3,(H,39,44);2*(H,6,7)/t29-;;/m0../s1. The Kier molecular flexibility index (Phi) is 16.7. The molecule has 1 spiro atoms. The van der Waals surface area contributed by atoms with Crippen molar-refractivity contribution >= 4 is 51.7 Å². The minimum absolute atomic E-state index is 0.00253. The number of fused-ring (bicyclic) bond motifs is 1. The fraction of sp³-hybridized carbons (Fsp3) is 0.462. The number of halogens is 7. The number of carboxylic acid groups (broad SMARTS) is 2. The summed E-state index contributed by atoms with van der Waals surface area (Å²) in [4.78, 5) is 54.3. The summed E-state index contributed by atoms with van der Waals surface area (Å²) in [6.07, 6.45) is -8.60. The largest absolute Gasteiger partial charge is 0.506 e. The van der Waals surface area contributed by atoms with Gasteiger partial charge in [0.05, 0.1) is 35.4 Å². The van der Waals surface area contributed by atoms with E-state index in [0.29, 0.717) is 67.3 Å². The first-order valence-corrected chi connectivity index (χ1v) is 20.0. The van der Waals surface area contributed by atoms with Gasteiger partial charge in [-0.3, -0.25) is 14.5 Å². The molecule has 0 saturated carbocycles. The zero-order chi connectivity index (χ0) is 45.3. The molecule has 22 heteroatoms. The summed E-state index contributed by atoms with van der Waals surface area (Å²) in [5, 5.41) is 42.8. The van der Waals surface area contributed by atoms with Crippen molar-refractivity contribution in [2.75, 3.05) is 45.9 Å². The van der Waals surface area contributed by atoms with E-state index in [-0.39, 0.29) is 22.8 Å². The molecule has 4 heterocycles. The lowest BCUT2D eigenvalue weighted by molar-refractivity contribution is -0.193. The van der Waals surface area contributed by atoms with Crippen LogP contribution in [0.1, 0.15) is 70.9 Å². The van der Waals surface area contributed by atoms with Gasteiger partial charge in [0.1, 0.15) is 11.4 Å². The predicted octanol–water partition coefficient (Wildman–Crippen LogP) is 6.11. The lowest BCUT2D eigenvalue weighted by atomic mass is 9.89. The monoisotopic (exact) mass is 907 g/mol. The third-order valence-electron chi connectivity index (χ3n) is 9.75. The number of carboxylic acids is 2. The van der Waals surface area contributed by atoms with E-state index in [0.717, 1.165) is 53.6 Å². The van der Waals surface area contributed by atoms with Crippen LogP contribution in [0.25, 0.3) is 10.9 Å². The number of morpholine rings is 1. The number of piperidine rings is 1. The first-order valence-electron chi connectivity index (χ1n) is 18.7. The van der Waals surface area contributed by atoms with Crippen LogP contribution in [-0.4, -0.2) is 122 Å². The third kappa shape index (κ3) is 13.6. The highest BCUT2D eigenvalue weighted by Crippen LogP contribution is 2.33. The molecule has 2 aromatic carbocycles. The van der Waals surface area contributed by atoms with Gasteiger partial charge in [-0.2, -0.15) is 26.3 Å². The number of nitrogens with zero attached hydrogens (tertiary/aromatic N) is 3. The molecule has 2 saturated heterocycles. The number of aromatic amines is 1. The van der Waals surface area contributed by atoms with E-state index in [9.17, 15) is 46.1 Å². The van der Waals surface area contributed by atoms with Gasteiger partial charge in [0.15, 0.2) is 0 Å². The third-order valence-corrected chi connectivity index (χ3v) is 11.4. The number of carbonyl (C=O) groups excluding carboxylic acids is 1. The molecule has 6 N–H and O–H groups in total. The van der Waals surface area contributed by atoms with E-state index < -0.39 is 30.4 Å². The number of hydrogen-bond acceptors (Lipinski definition) is 11. The van der Waals surface area contributed by atoms with Crippen molar-refractivity contribution < 1.29 is 65.9 Å². The molecule has 334 valence electrons. The Hall–Kier alpha value is -4.80. The van der Waals surface area contributed by atoms with Crippen molar-refractivity contribution in [2.45, 2.75) is 69.6 Å². The molecule has 14 nitrogen and oxygen atoms in total. The van der Waals surface area contributed by atoms with Crippen LogP contribution in [-0.2, 0) is 27.3 Å². The van der Waals surface area contributed by atoms with Crippen molar-refractivity contribution in [3.63, 3.8) is 0 Å². The van der Waals surface area contributed by atoms with Crippen LogP contribution in [0.15, 0.2) is 52.6 Å². The number of likely N-dealkylation sites (tertiary alicyclic amines) is 1. The second kappa shape index (κ2) is 20.8. The quantitative estimate of drug-likeness (QED) is 0.0789. The molecule has 0 unspecified atom stereocenters. The second-order valence-electron chi connectivity index (χ2n) is 14.5. The van der Waals surface area contributed by atoms with E-state index >= 15 is 0 Å². The average Bonchev–Trinajstić information content (AvgIpc) is 3.70. The summed E-state index contributed by atoms with van der Waals surface area (Å²) in [5.74, 6) is -5.24. The summed E-state index contributed by atoms with van der Waals surface area (Å²) >= 11 is 8.45. The highest BCUT2D eigenvalue weighted by molar-refractivity contribution is 7.09. The van der Waals surface area contributed by atoms with Gasteiger partial charge in [-0.1, -0.05) is 49.7 Å². The lowest BCUT2D eigenvalue weighted by Gasteiger charge is -2.47. The number of rotatable bonds is 10. The number of thiazole rings is 1. The maximum atomic E-state index is 13.3. The van der Waals surface area contributed by atoms with Gasteiger partial charge in [-0.05, 0) is 54.6 Å². The van der Waals surface area contributed by atoms with Gasteiger partial charge in [0, 0.05) is 60.5 Å². The molecule has 2 aliphatic heterocycles. The number of alkyl halides is 6. The fourth-order valence-electron chi connectivity index (χ4n) is 6.56. The van der Waals surface area contributed by atoms with Gasteiger partial charge < -0.3 is 40.4 Å². The van der Waals surface area contributed by atoms with E-state index in [1.165, 1.54) is 12.1 Å². The van der Waals surface area contributed by atoms with E-state index in [1.54, 1.807) is 23.5 Å². The zero-order valence-corrected chi connectivity index (χ0v) is 34.3. The van der Waals surface area contributed by atoms with Crippen LogP contribution in [0.2, 0.25) is 5.02 Å². The number of carbonyl (C=O) groups is 3. The van der Waals surface area contributed by atoms with Gasteiger partial charge in [0.2, 0.25) is 5.56 Å². The van der Waals surface area contributed by atoms with Crippen LogP contribution in [0, 0.1) is 0 Å². The smallest absolute Gasteiger partial charge is 0.490 e. The number of aromatic nitrogens is 2. The molecule has 2 aromatic heterocycles. The van der Waals surface area contributed by atoms with Crippen molar-refractivity contribution in [1.82, 2.24) is 25.1 Å². The maximum absolute atomic E-state index is 13.3. The SMILES string of the molecule is CC(C)c1nc(C(=O)N2CCOC3(CCN(Cc4cccc(CCNC[C@H](O)c5ccc(O)c6[nH]c(=O)ccc56)c4Cl)CC3)C2)cs1.O=C(O)C(F)(F)F.O=C(O)C(F)(F)F. The van der Waals surface area contributed by atoms with Crippen molar-refractivity contribution in [3.05, 3.63) is 90.6 Å². The molecular formula is C39H44ClF6N5O9S. The van der Waals surface area contributed by atoms with Crippen molar-refractivity contribution in [2.24, 2.45) is 0 Å². The van der Waals surface area contributed by atoms with E-state index in [2.05, 4.69) is 40.1 Å². The van der Waals surface area contributed by atoms with Gasteiger partial charge >= 0.3 is 24.3 Å². The molecule has 4 aromatic rings. The predicted molar refractivity (Wildman–Crippen MR) is 212 cm³/mol.